The molecule has 1 aromatic heterocycles. The minimum Gasteiger partial charge on any atom is -0.345 e. The van der Waals surface area contributed by atoms with Crippen LogP contribution in [0.5, 0.6) is 0 Å². The number of nitrogens with zero attached hydrogens (tertiary/aromatic N) is 3. The zero-order chi connectivity index (χ0) is 17.1. The maximum Gasteiger partial charge on any atom is 0.270 e. The highest BCUT2D eigenvalue weighted by Crippen LogP contribution is 2.32. The molecule has 2 aliphatic rings. The van der Waals surface area contributed by atoms with Gasteiger partial charge in [-0.15, -0.1) is 0 Å². The van der Waals surface area contributed by atoms with Crippen LogP contribution in [0.2, 0.25) is 0 Å². The van der Waals surface area contributed by atoms with Gasteiger partial charge in [0.15, 0.2) is 0 Å². The number of aromatic nitrogens is 1. The molecular weight excluding hydrogens is 302 g/mol. The van der Waals surface area contributed by atoms with E-state index in [1.54, 1.807) is 23.9 Å². The Balaban J connectivity index is 1.89. The Kier molecular flexibility index (Phi) is 5.03. The number of hydrogen-bond acceptors (Lipinski definition) is 3. The normalized spacial score (nSPS) is 25.2. The molecule has 3 rings (SSSR count). The van der Waals surface area contributed by atoms with Crippen molar-refractivity contribution in [2.45, 2.75) is 57.4 Å². The fraction of sp³-hybridized carbons (Fsp3) is 0.632. The van der Waals surface area contributed by atoms with Gasteiger partial charge in [0.1, 0.15) is 17.5 Å². The first-order valence-electron chi connectivity index (χ1n) is 9.02. The van der Waals surface area contributed by atoms with E-state index in [1.807, 2.05) is 4.90 Å². The van der Waals surface area contributed by atoms with Crippen LogP contribution < -0.4 is 0 Å². The lowest BCUT2D eigenvalue weighted by Crippen LogP contribution is -2.47. The average Bonchev–Trinajstić information content (AvgIpc) is 2.80. The second kappa shape index (κ2) is 7.21. The van der Waals surface area contributed by atoms with Crippen molar-refractivity contribution in [1.29, 1.82) is 5.26 Å². The molecule has 0 spiro atoms. The summed E-state index contributed by atoms with van der Waals surface area (Å²) in [7, 11) is 1.80. The van der Waals surface area contributed by atoms with Crippen LogP contribution in [-0.2, 0) is 11.8 Å². The van der Waals surface area contributed by atoms with Crippen molar-refractivity contribution in [1.82, 2.24) is 9.47 Å². The van der Waals surface area contributed by atoms with Gasteiger partial charge in [-0.2, -0.15) is 5.26 Å². The summed E-state index contributed by atoms with van der Waals surface area (Å²) in [5.74, 6) is 0.288. The van der Waals surface area contributed by atoms with Gasteiger partial charge >= 0.3 is 0 Å². The summed E-state index contributed by atoms with van der Waals surface area (Å²) < 4.78 is 1.73. The van der Waals surface area contributed by atoms with Gasteiger partial charge < -0.3 is 9.47 Å². The van der Waals surface area contributed by atoms with E-state index in [2.05, 4.69) is 6.07 Å². The van der Waals surface area contributed by atoms with E-state index in [0.717, 1.165) is 44.9 Å². The minimum atomic E-state index is -0.0377. The Bertz CT molecular complexity index is 671. The highest BCUT2D eigenvalue weighted by molar-refractivity contribution is 5.94. The number of carbonyl (C=O) groups excluding carboxylic acids is 2. The monoisotopic (exact) mass is 327 g/mol. The first kappa shape index (κ1) is 16.8. The lowest BCUT2D eigenvalue weighted by atomic mass is 9.80. The van der Waals surface area contributed by atoms with Crippen molar-refractivity contribution in [2.24, 2.45) is 13.0 Å². The van der Waals surface area contributed by atoms with Gasteiger partial charge in [-0.25, -0.2) is 0 Å². The van der Waals surface area contributed by atoms with Gasteiger partial charge in [-0.1, -0.05) is 19.3 Å². The zero-order valence-electron chi connectivity index (χ0n) is 14.3. The van der Waals surface area contributed by atoms with Gasteiger partial charge in [-0.3, -0.25) is 9.59 Å². The van der Waals surface area contributed by atoms with E-state index in [9.17, 15) is 9.59 Å². The van der Waals surface area contributed by atoms with Crippen LogP contribution in [0.15, 0.2) is 12.3 Å². The third kappa shape index (κ3) is 3.24. The summed E-state index contributed by atoms with van der Waals surface area (Å²) in [5.41, 5.74) is 1.04. The third-order valence-electron chi connectivity index (χ3n) is 5.48. The van der Waals surface area contributed by atoms with E-state index in [0.29, 0.717) is 30.0 Å². The maximum absolute atomic E-state index is 13.1. The van der Waals surface area contributed by atoms with Crippen molar-refractivity contribution in [3.8, 4) is 6.07 Å². The standard InChI is InChI=1S/C19H25N3O2/c1-21-13-14(12-20)11-17(21)19(24)22-10-6-2-3-8-16(22)15-7-4-5-9-18(15)23/h11,13,15-16H,2-10H2,1H3/t15-,16-/m1/s1. The highest BCUT2D eigenvalue weighted by Gasteiger charge is 2.37. The summed E-state index contributed by atoms with van der Waals surface area (Å²) in [6, 6.07) is 3.78. The second-order valence-electron chi connectivity index (χ2n) is 7.07. The number of rotatable bonds is 2. The lowest BCUT2D eigenvalue weighted by Gasteiger charge is -2.37. The van der Waals surface area contributed by atoms with E-state index in [1.165, 1.54) is 0 Å². The molecule has 1 aliphatic carbocycles. The summed E-state index contributed by atoms with van der Waals surface area (Å²) in [6.07, 6.45) is 9.40. The second-order valence-corrected chi connectivity index (χ2v) is 7.07. The Morgan fingerprint density at radius 2 is 2.00 bits per heavy atom. The molecule has 5 heteroatoms. The molecule has 1 aliphatic heterocycles. The quantitative estimate of drug-likeness (QED) is 0.838. The zero-order valence-corrected chi connectivity index (χ0v) is 14.3. The SMILES string of the molecule is Cn1cc(C#N)cc1C(=O)N1CCCCC[C@@H]1[C@H]1CCCCC1=O. The number of hydrogen-bond donors (Lipinski definition) is 0. The van der Waals surface area contributed by atoms with Crippen LogP contribution in [0.1, 0.15) is 67.4 Å². The molecule has 1 saturated carbocycles. The van der Waals surface area contributed by atoms with Gasteiger partial charge in [-0.05, 0) is 31.7 Å². The molecule has 128 valence electrons. The molecule has 0 bridgehead atoms. The molecule has 0 unspecified atom stereocenters. The van der Waals surface area contributed by atoms with Crippen molar-refractivity contribution in [3.05, 3.63) is 23.5 Å². The van der Waals surface area contributed by atoms with Crippen LogP contribution in [0, 0.1) is 17.2 Å². The summed E-state index contributed by atoms with van der Waals surface area (Å²) in [6.45, 7) is 0.709. The summed E-state index contributed by atoms with van der Waals surface area (Å²) in [5, 5.41) is 9.07. The van der Waals surface area contributed by atoms with Gasteiger partial charge in [0.2, 0.25) is 0 Å². The minimum absolute atomic E-state index is 0.00324. The van der Waals surface area contributed by atoms with Crippen LogP contribution in [0.25, 0.3) is 0 Å². The van der Waals surface area contributed by atoms with Crippen molar-refractivity contribution in [3.63, 3.8) is 0 Å². The Morgan fingerprint density at radius 3 is 2.71 bits per heavy atom. The third-order valence-corrected chi connectivity index (χ3v) is 5.48. The molecule has 1 aromatic rings. The molecule has 0 aromatic carbocycles. The summed E-state index contributed by atoms with van der Waals surface area (Å²) >= 11 is 0. The van der Waals surface area contributed by atoms with Gasteiger partial charge in [0.25, 0.3) is 5.91 Å². The molecule has 1 saturated heterocycles. The summed E-state index contributed by atoms with van der Waals surface area (Å²) in [4.78, 5) is 27.5. The molecule has 2 heterocycles. The van der Waals surface area contributed by atoms with Gasteiger partial charge in [0, 0.05) is 38.2 Å². The molecule has 2 fully saturated rings. The molecule has 0 radical (unpaired) electrons. The molecule has 1 amide bonds. The van der Waals surface area contributed by atoms with Crippen LogP contribution >= 0.6 is 0 Å². The van der Waals surface area contributed by atoms with Crippen molar-refractivity contribution < 1.29 is 9.59 Å². The fourth-order valence-electron chi connectivity index (χ4n) is 4.21. The van der Waals surface area contributed by atoms with Crippen LogP contribution in [0.3, 0.4) is 0 Å². The Morgan fingerprint density at radius 1 is 1.21 bits per heavy atom. The fourth-order valence-corrected chi connectivity index (χ4v) is 4.21. The van der Waals surface area contributed by atoms with E-state index >= 15 is 0 Å². The number of amides is 1. The Labute approximate surface area is 143 Å². The number of carbonyl (C=O) groups is 2. The van der Waals surface area contributed by atoms with Crippen molar-refractivity contribution in [2.75, 3.05) is 6.54 Å². The molecular formula is C19H25N3O2. The van der Waals surface area contributed by atoms with Crippen LogP contribution in [-0.4, -0.2) is 33.7 Å². The molecule has 2 atom stereocenters. The first-order valence-corrected chi connectivity index (χ1v) is 9.02. The Hall–Kier alpha value is -2.09. The number of nitriles is 1. The van der Waals surface area contributed by atoms with E-state index in [-0.39, 0.29) is 17.9 Å². The number of aryl methyl sites for hydroxylation is 1. The highest BCUT2D eigenvalue weighted by atomic mass is 16.2. The topological polar surface area (TPSA) is 66.1 Å². The predicted molar refractivity (Wildman–Crippen MR) is 90.4 cm³/mol. The number of ketones is 1. The largest absolute Gasteiger partial charge is 0.345 e. The number of Topliss-reactive ketones (excluding diaryl/α,β-unsaturated/α-hetero) is 1. The predicted octanol–water partition coefficient (Wildman–Crippen LogP) is 3.04. The number of likely N-dealkylation sites (tertiary alicyclic amines) is 1. The molecule has 5 nitrogen and oxygen atoms in total. The van der Waals surface area contributed by atoms with Gasteiger partial charge in [0.05, 0.1) is 5.56 Å². The molecule has 24 heavy (non-hydrogen) atoms. The van der Waals surface area contributed by atoms with E-state index in [4.69, 9.17) is 5.26 Å². The van der Waals surface area contributed by atoms with E-state index < -0.39 is 0 Å². The van der Waals surface area contributed by atoms with Crippen molar-refractivity contribution >= 4 is 11.7 Å². The van der Waals surface area contributed by atoms with Crippen LogP contribution in [0.4, 0.5) is 0 Å². The molecule has 0 N–H and O–H groups in total. The average molecular weight is 327 g/mol. The lowest BCUT2D eigenvalue weighted by molar-refractivity contribution is -0.126. The first-order chi connectivity index (χ1) is 11.6. The smallest absolute Gasteiger partial charge is 0.270 e. The maximum atomic E-state index is 13.1.